The maximum absolute atomic E-state index is 2.46. The SMILES string of the molecule is c1ccc(-c2c(-c3ccccc3)c3cc(N(c4ccccc4)c4cccc5c6ccccc6n(-c6ccc7ccccc7c6)c45)ccc3c3ccccc23)cc1. The van der Waals surface area contributed by atoms with Crippen LogP contribution in [0.4, 0.5) is 17.1 Å². The highest BCUT2D eigenvalue weighted by Gasteiger charge is 2.23. The maximum Gasteiger partial charge on any atom is 0.0782 e. The highest BCUT2D eigenvalue weighted by molar-refractivity contribution is 6.22. The van der Waals surface area contributed by atoms with E-state index < -0.39 is 0 Å². The molecule has 1 aromatic heterocycles. The second-order valence-corrected chi connectivity index (χ2v) is 14.5. The molecule has 0 atom stereocenters. The van der Waals surface area contributed by atoms with Gasteiger partial charge in [0.1, 0.15) is 0 Å². The van der Waals surface area contributed by atoms with Crippen molar-refractivity contribution in [2.75, 3.05) is 4.90 Å². The minimum atomic E-state index is 1.10. The number of para-hydroxylation sites is 3. The second-order valence-electron chi connectivity index (χ2n) is 14.5. The molecule has 1 heterocycles. The predicted octanol–water partition coefficient (Wildman–Crippen LogP) is 15.0. The van der Waals surface area contributed by atoms with E-state index in [0.717, 1.165) is 22.7 Å². The Morgan fingerprint density at radius 3 is 1.64 bits per heavy atom. The van der Waals surface area contributed by atoms with Gasteiger partial charge in [0.25, 0.3) is 0 Å². The van der Waals surface area contributed by atoms with E-state index in [0.29, 0.717) is 0 Å². The number of fused-ring (bicyclic) bond motifs is 7. The van der Waals surface area contributed by atoms with Crippen molar-refractivity contribution in [3.63, 3.8) is 0 Å². The molecule has 0 radical (unpaired) electrons. The topological polar surface area (TPSA) is 8.17 Å². The lowest BCUT2D eigenvalue weighted by molar-refractivity contribution is 1.17. The standard InChI is InChI=1S/C54H36N2/c1-4-18-38(19-5-1)52-47-27-13-12-25-44(47)45-34-33-43(36-49(45)53(52)39-20-6-2-7-21-39)55(41-23-8-3-9-24-41)51-30-16-28-48-46-26-14-15-29-50(46)56(54(48)51)42-32-31-37-17-10-11-22-40(37)35-42/h1-36H. The van der Waals surface area contributed by atoms with E-state index in [1.54, 1.807) is 0 Å². The number of anilines is 3. The summed E-state index contributed by atoms with van der Waals surface area (Å²) in [4.78, 5) is 2.45. The molecule has 2 heteroatoms. The molecule has 262 valence electrons. The van der Waals surface area contributed by atoms with E-state index in [2.05, 4.69) is 228 Å². The molecule has 11 rings (SSSR count). The van der Waals surface area contributed by atoms with Crippen molar-refractivity contribution in [2.24, 2.45) is 0 Å². The maximum atomic E-state index is 2.46. The van der Waals surface area contributed by atoms with E-state index in [1.165, 1.54) is 76.4 Å². The minimum absolute atomic E-state index is 1.10. The van der Waals surface area contributed by atoms with Gasteiger partial charge in [0, 0.05) is 27.8 Å². The van der Waals surface area contributed by atoms with Gasteiger partial charge in [0.2, 0.25) is 0 Å². The fourth-order valence-corrected chi connectivity index (χ4v) is 8.90. The van der Waals surface area contributed by atoms with Gasteiger partial charge in [-0.2, -0.15) is 0 Å². The molecule has 10 aromatic carbocycles. The van der Waals surface area contributed by atoms with Crippen LogP contribution in [0.3, 0.4) is 0 Å². The number of hydrogen-bond donors (Lipinski definition) is 0. The molecule has 0 aliphatic heterocycles. The summed E-state index contributed by atoms with van der Waals surface area (Å²) in [7, 11) is 0. The van der Waals surface area contributed by atoms with E-state index >= 15 is 0 Å². The second kappa shape index (κ2) is 13.2. The molecule has 0 saturated carbocycles. The lowest BCUT2D eigenvalue weighted by Crippen LogP contribution is -2.11. The van der Waals surface area contributed by atoms with Crippen LogP contribution < -0.4 is 4.90 Å². The number of aromatic nitrogens is 1. The van der Waals surface area contributed by atoms with E-state index in [4.69, 9.17) is 0 Å². The molecule has 2 nitrogen and oxygen atoms in total. The van der Waals surface area contributed by atoms with Crippen LogP contribution in [0, 0.1) is 0 Å². The van der Waals surface area contributed by atoms with Crippen LogP contribution in [0.2, 0.25) is 0 Å². The van der Waals surface area contributed by atoms with Crippen molar-refractivity contribution in [3.8, 4) is 27.9 Å². The van der Waals surface area contributed by atoms with Crippen LogP contribution in [0.15, 0.2) is 218 Å². The van der Waals surface area contributed by atoms with Crippen LogP contribution >= 0.6 is 0 Å². The van der Waals surface area contributed by atoms with Crippen LogP contribution in [0.1, 0.15) is 0 Å². The minimum Gasteiger partial charge on any atom is -0.308 e. The van der Waals surface area contributed by atoms with Gasteiger partial charge in [-0.25, -0.2) is 0 Å². The summed E-state index contributed by atoms with van der Waals surface area (Å²) in [6.45, 7) is 0. The molecule has 0 unspecified atom stereocenters. The number of nitrogens with zero attached hydrogens (tertiary/aromatic N) is 2. The van der Waals surface area contributed by atoms with Gasteiger partial charge in [0.15, 0.2) is 0 Å². The summed E-state index contributed by atoms with van der Waals surface area (Å²) in [5, 5.41) is 9.85. The Morgan fingerprint density at radius 1 is 0.321 bits per heavy atom. The van der Waals surface area contributed by atoms with Gasteiger partial charge in [-0.1, -0.05) is 170 Å². The van der Waals surface area contributed by atoms with Gasteiger partial charge in [-0.05, 0) is 103 Å². The summed E-state index contributed by atoms with van der Waals surface area (Å²) in [5.74, 6) is 0. The average Bonchev–Trinajstić information content (AvgIpc) is 3.62. The Balaban J connectivity index is 1.25. The third-order valence-corrected chi connectivity index (χ3v) is 11.3. The fraction of sp³-hybridized carbons (Fsp3) is 0. The van der Waals surface area contributed by atoms with Crippen LogP contribution in [-0.4, -0.2) is 4.57 Å². The van der Waals surface area contributed by atoms with Gasteiger partial charge in [-0.15, -0.1) is 0 Å². The van der Waals surface area contributed by atoms with Crippen molar-refractivity contribution >= 4 is 71.2 Å². The molecule has 0 bridgehead atoms. The monoisotopic (exact) mass is 712 g/mol. The Kier molecular flexibility index (Phi) is 7.53. The van der Waals surface area contributed by atoms with Crippen molar-refractivity contribution in [1.29, 1.82) is 0 Å². The van der Waals surface area contributed by atoms with E-state index in [9.17, 15) is 0 Å². The van der Waals surface area contributed by atoms with Crippen molar-refractivity contribution < 1.29 is 0 Å². The summed E-state index contributed by atoms with van der Waals surface area (Å²) in [5.41, 5.74) is 11.7. The largest absolute Gasteiger partial charge is 0.308 e. The zero-order chi connectivity index (χ0) is 37.0. The molecule has 11 aromatic rings. The average molecular weight is 713 g/mol. The summed E-state index contributed by atoms with van der Waals surface area (Å²) >= 11 is 0. The predicted molar refractivity (Wildman–Crippen MR) is 239 cm³/mol. The van der Waals surface area contributed by atoms with Gasteiger partial charge in [0.05, 0.1) is 16.7 Å². The van der Waals surface area contributed by atoms with E-state index in [-0.39, 0.29) is 0 Å². The lowest BCUT2D eigenvalue weighted by atomic mass is 9.85. The first-order valence-corrected chi connectivity index (χ1v) is 19.3. The lowest BCUT2D eigenvalue weighted by Gasteiger charge is -2.28. The molecular formula is C54H36N2. The van der Waals surface area contributed by atoms with Crippen molar-refractivity contribution in [1.82, 2.24) is 4.57 Å². The molecule has 0 aliphatic rings. The van der Waals surface area contributed by atoms with Gasteiger partial charge in [-0.3, -0.25) is 0 Å². The third kappa shape index (κ3) is 5.11. The van der Waals surface area contributed by atoms with Gasteiger partial charge < -0.3 is 9.47 Å². The van der Waals surface area contributed by atoms with E-state index in [1.807, 2.05) is 0 Å². The van der Waals surface area contributed by atoms with Crippen LogP contribution in [0.5, 0.6) is 0 Å². The number of hydrogen-bond acceptors (Lipinski definition) is 1. The van der Waals surface area contributed by atoms with Crippen LogP contribution in [0.25, 0.3) is 82.1 Å². The molecule has 0 aliphatic carbocycles. The molecule has 0 amide bonds. The summed E-state index contributed by atoms with van der Waals surface area (Å²) < 4.78 is 2.46. The first-order chi connectivity index (χ1) is 27.8. The quantitative estimate of drug-likeness (QED) is 0.156. The van der Waals surface area contributed by atoms with Crippen LogP contribution in [-0.2, 0) is 0 Å². The highest BCUT2D eigenvalue weighted by atomic mass is 15.2. The molecular weight excluding hydrogens is 677 g/mol. The number of rotatable bonds is 6. The van der Waals surface area contributed by atoms with Crippen molar-refractivity contribution in [2.45, 2.75) is 0 Å². The highest BCUT2D eigenvalue weighted by Crippen LogP contribution is 2.48. The Morgan fingerprint density at radius 2 is 0.893 bits per heavy atom. The molecule has 0 spiro atoms. The smallest absolute Gasteiger partial charge is 0.0782 e. The normalized spacial score (nSPS) is 11.6. The van der Waals surface area contributed by atoms with Gasteiger partial charge >= 0.3 is 0 Å². The zero-order valence-corrected chi connectivity index (χ0v) is 30.7. The number of benzene rings is 10. The Hall–Kier alpha value is -7.42. The third-order valence-electron chi connectivity index (χ3n) is 11.3. The Labute approximate surface area is 325 Å². The Bertz CT molecular complexity index is 3240. The summed E-state index contributed by atoms with van der Waals surface area (Å²) in [6.07, 6.45) is 0. The fourth-order valence-electron chi connectivity index (χ4n) is 8.90. The molecule has 0 fully saturated rings. The first-order valence-electron chi connectivity index (χ1n) is 19.3. The van der Waals surface area contributed by atoms with Crippen molar-refractivity contribution in [3.05, 3.63) is 218 Å². The first kappa shape index (κ1) is 32.0. The molecule has 56 heavy (non-hydrogen) atoms. The molecule has 0 saturated heterocycles. The zero-order valence-electron chi connectivity index (χ0n) is 30.7. The summed E-state index contributed by atoms with van der Waals surface area (Å²) in [6, 6.07) is 79.5. The molecule has 0 N–H and O–H groups in total.